The van der Waals surface area contributed by atoms with E-state index < -0.39 is 0 Å². The SMILES string of the molecule is CCN(C(=O)Cc1cccc(OC)c1)c1cc(C)ccc1C. The number of aryl methyl sites for hydroxylation is 2. The highest BCUT2D eigenvalue weighted by molar-refractivity contribution is 5.95. The lowest BCUT2D eigenvalue weighted by atomic mass is 10.1. The van der Waals surface area contributed by atoms with Crippen molar-refractivity contribution in [1.29, 1.82) is 0 Å². The van der Waals surface area contributed by atoms with E-state index in [1.807, 2.05) is 49.9 Å². The first kappa shape index (κ1) is 16.1. The van der Waals surface area contributed by atoms with Gasteiger partial charge in [0.1, 0.15) is 5.75 Å². The molecule has 2 aromatic rings. The van der Waals surface area contributed by atoms with Gasteiger partial charge in [-0.1, -0.05) is 24.3 Å². The highest BCUT2D eigenvalue weighted by Crippen LogP contribution is 2.23. The van der Waals surface area contributed by atoms with E-state index in [0.717, 1.165) is 28.1 Å². The molecular formula is C19H23NO2. The van der Waals surface area contributed by atoms with Crippen LogP contribution in [-0.2, 0) is 11.2 Å². The Kier molecular flexibility index (Phi) is 5.21. The monoisotopic (exact) mass is 297 g/mol. The van der Waals surface area contributed by atoms with Gasteiger partial charge in [0.05, 0.1) is 13.5 Å². The van der Waals surface area contributed by atoms with E-state index in [9.17, 15) is 4.79 Å². The zero-order valence-corrected chi connectivity index (χ0v) is 13.7. The summed E-state index contributed by atoms with van der Waals surface area (Å²) in [5, 5.41) is 0. The lowest BCUT2D eigenvalue weighted by molar-refractivity contribution is -0.117. The second-order valence-corrected chi connectivity index (χ2v) is 5.46. The summed E-state index contributed by atoms with van der Waals surface area (Å²) in [6.45, 7) is 6.75. The Labute approximate surface area is 132 Å². The van der Waals surface area contributed by atoms with E-state index in [1.54, 1.807) is 7.11 Å². The molecule has 0 aliphatic heterocycles. The Bertz CT molecular complexity index is 664. The van der Waals surface area contributed by atoms with Crippen LogP contribution in [-0.4, -0.2) is 19.6 Å². The molecule has 3 nitrogen and oxygen atoms in total. The standard InChI is InChI=1S/C19H23NO2/c1-5-20(18-11-14(2)9-10-15(18)3)19(21)13-16-7-6-8-17(12-16)22-4/h6-12H,5,13H2,1-4H3. The smallest absolute Gasteiger partial charge is 0.231 e. The lowest BCUT2D eigenvalue weighted by Gasteiger charge is -2.23. The molecule has 0 atom stereocenters. The summed E-state index contributed by atoms with van der Waals surface area (Å²) in [4.78, 5) is 14.5. The Morgan fingerprint density at radius 1 is 1.14 bits per heavy atom. The molecule has 0 unspecified atom stereocenters. The normalized spacial score (nSPS) is 10.4. The van der Waals surface area contributed by atoms with Gasteiger partial charge in [0, 0.05) is 12.2 Å². The lowest BCUT2D eigenvalue weighted by Crippen LogP contribution is -2.32. The van der Waals surface area contributed by atoms with Crippen molar-refractivity contribution in [3.05, 3.63) is 59.2 Å². The third-order valence-electron chi connectivity index (χ3n) is 3.76. The molecule has 1 amide bonds. The van der Waals surface area contributed by atoms with Gasteiger partial charge >= 0.3 is 0 Å². The number of carbonyl (C=O) groups excluding carboxylic acids is 1. The van der Waals surface area contributed by atoms with Crippen molar-refractivity contribution in [2.24, 2.45) is 0 Å². The second kappa shape index (κ2) is 7.12. The van der Waals surface area contributed by atoms with Crippen LogP contribution >= 0.6 is 0 Å². The average molecular weight is 297 g/mol. The van der Waals surface area contributed by atoms with Crippen molar-refractivity contribution in [2.45, 2.75) is 27.2 Å². The van der Waals surface area contributed by atoms with Gasteiger partial charge < -0.3 is 9.64 Å². The van der Waals surface area contributed by atoms with Gasteiger partial charge in [-0.05, 0) is 55.7 Å². The third kappa shape index (κ3) is 3.67. The summed E-state index contributed by atoms with van der Waals surface area (Å²) in [6, 6.07) is 13.9. The van der Waals surface area contributed by atoms with Crippen LogP contribution in [0.5, 0.6) is 5.75 Å². The van der Waals surface area contributed by atoms with E-state index in [-0.39, 0.29) is 5.91 Å². The Morgan fingerprint density at radius 3 is 2.59 bits per heavy atom. The van der Waals surface area contributed by atoms with Crippen molar-refractivity contribution < 1.29 is 9.53 Å². The van der Waals surface area contributed by atoms with Crippen LogP contribution in [0.4, 0.5) is 5.69 Å². The maximum absolute atomic E-state index is 12.7. The van der Waals surface area contributed by atoms with Crippen molar-refractivity contribution in [3.8, 4) is 5.75 Å². The minimum atomic E-state index is 0.101. The second-order valence-electron chi connectivity index (χ2n) is 5.46. The van der Waals surface area contributed by atoms with Gasteiger partial charge in [0.25, 0.3) is 0 Å². The average Bonchev–Trinajstić information content (AvgIpc) is 2.51. The van der Waals surface area contributed by atoms with Crippen molar-refractivity contribution in [1.82, 2.24) is 0 Å². The summed E-state index contributed by atoms with van der Waals surface area (Å²) in [5.41, 5.74) is 4.24. The largest absolute Gasteiger partial charge is 0.497 e. The number of methoxy groups -OCH3 is 1. The number of benzene rings is 2. The number of amides is 1. The molecule has 0 bridgehead atoms. The van der Waals surface area contributed by atoms with Crippen LogP contribution < -0.4 is 9.64 Å². The van der Waals surface area contributed by atoms with Crippen molar-refractivity contribution in [3.63, 3.8) is 0 Å². The number of hydrogen-bond acceptors (Lipinski definition) is 2. The number of carbonyl (C=O) groups is 1. The zero-order chi connectivity index (χ0) is 16.1. The van der Waals surface area contributed by atoms with Crippen molar-refractivity contribution >= 4 is 11.6 Å². The zero-order valence-electron chi connectivity index (χ0n) is 13.7. The molecule has 0 N–H and O–H groups in total. The van der Waals surface area contributed by atoms with Crippen LogP contribution in [0.25, 0.3) is 0 Å². The number of nitrogens with zero attached hydrogens (tertiary/aromatic N) is 1. The fourth-order valence-corrected chi connectivity index (χ4v) is 2.54. The quantitative estimate of drug-likeness (QED) is 0.837. The number of hydrogen-bond donors (Lipinski definition) is 0. The Balaban J connectivity index is 2.23. The number of rotatable bonds is 5. The first-order valence-electron chi connectivity index (χ1n) is 7.55. The molecule has 2 rings (SSSR count). The fourth-order valence-electron chi connectivity index (χ4n) is 2.54. The summed E-state index contributed by atoms with van der Waals surface area (Å²) >= 11 is 0. The summed E-state index contributed by atoms with van der Waals surface area (Å²) < 4.78 is 5.22. The molecule has 0 aromatic heterocycles. The van der Waals surface area contributed by atoms with Crippen LogP contribution in [0, 0.1) is 13.8 Å². The van der Waals surface area contributed by atoms with Crippen molar-refractivity contribution in [2.75, 3.05) is 18.6 Å². The molecule has 0 saturated heterocycles. The Hall–Kier alpha value is -2.29. The number of likely N-dealkylation sites (N-methyl/N-ethyl adjacent to an activating group) is 1. The van der Waals surface area contributed by atoms with Gasteiger partial charge in [0.15, 0.2) is 0 Å². The molecule has 0 spiro atoms. The molecule has 22 heavy (non-hydrogen) atoms. The molecule has 0 heterocycles. The van der Waals surface area contributed by atoms with Crippen LogP contribution in [0.1, 0.15) is 23.6 Å². The number of ether oxygens (including phenoxy) is 1. The van der Waals surface area contributed by atoms with Gasteiger partial charge in [-0.25, -0.2) is 0 Å². The maximum atomic E-state index is 12.7. The third-order valence-corrected chi connectivity index (χ3v) is 3.76. The van der Waals surface area contributed by atoms with Gasteiger partial charge in [-0.15, -0.1) is 0 Å². The molecule has 0 aliphatic carbocycles. The van der Waals surface area contributed by atoms with E-state index in [2.05, 4.69) is 18.2 Å². The minimum absolute atomic E-state index is 0.101. The van der Waals surface area contributed by atoms with E-state index in [1.165, 1.54) is 0 Å². The summed E-state index contributed by atoms with van der Waals surface area (Å²) in [6.07, 6.45) is 0.373. The Morgan fingerprint density at radius 2 is 1.91 bits per heavy atom. The summed E-state index contributed by atoms with van der Waals surface area (Å²) in [7, 11) is 1.63. The maximum Gasteiger partial charge on any atom is 0.231 e. The van der Waals surface area contributed by atoms with Gasteiger partial charge in [-0.3, -0.25) is 4.79 Å². The molecular weight excluding hydrogens is 274 g/mol. The predicted molar refractivity (Wildman–Crippen MR) is 90.6 cm³/mol. The highest BCUT2D eigenvalue weighted by Gasteiger charge is 2.16. The predicted octanol–water partition coefficient (Wildman–Crippen LogP) is 3.91. The first-order chi connectivity index (χ1) is 10.5. The van der Waals surface area contributed by atoms with E-state index in [4.69, 9.17) is 4.74 Å². The molecule has 0 radical (unpaired) electrons. The van der Waals surface area contributed by atoms with E-state index in [0.29, 0.717) is 13.0 Å². The molecule has 3 heteroatoms. The highest BCUT2D eigenvalue weighted by atomic mass is 16.5. The topological polar surface area (TPSA) is 29.5 Å². The molecule has 2 aromatic carbocycles. The van der Waals surface area contributed by atoms with Crippen LogP contribution in [0.3, 0.4) is 0 Å². The molecule has 0 aliphatic rings. The fraction of sp³-hybridized carbons (Fsp3) is 0.316. The molecule has 116 valence electrons. The first-order valence-corrected chi connectivity index (χ1v) is 7.55. The number of anilines is 1. The molecule has 0 saturated carbocycles. The summed E-state index contributed by atoms with van der Waals surface area (Å²) in [5.74, 6) is 0.879. The van der Waals surface area contributed by atoms with Crippen LogP contribution in [0.15, 0.2) is 42.5 Å². The molecule has 0 fully saturated rings. The van der Waals surface area contributed by atoms with E-state index >= 15 is 0 Å². The van der Waals surface area contributed by atoms with Gasteiger partial charge in [-0.2, -0.15) is 0 Å². The minimum Gasteiger partial charge on any atom is -0.497 e. The van der Waals surface area contributed by atoms with Crippen LogP contribution in [0.2, 0.25) is 0 Å². The van der Waals surface area contributed by atoms with Gasteiger partial charge in [0.2, 0.25) is 5.91 Å².